The monoisotopic (exact) mass is 346 g/mol. The van der Waals surface area contributed by atoms with Gasteiger partial charge in [0.25, 0.3) is 5.91 Å². The number of carbonyl (C=O) groups excluding carboxylic acids is 1. The first-order valence-electron chi connectivity index (χ1n) is 8.90. The van der Waals surface area contributed by atoms with Crippen LogP contribution in [-0.2, 0) is 13.6 Å². The van der Waals surface area contributed by atoms with Gasteiger partial charge in [0.05, 0.1) is 0 Å². The summed E-state index contributed by atoms with van der Waals surface area (Å²) in [6.07, 6.45) is 3.65. The van der Waals surface area contributed by atoms with Crippen LogP contribution in [0, 0.1) is 0 Å². The molecule has 2 aromatic heterocycles. The van der Waals surface area contributed by atoms with Gasteiger partial charge in [0.2, 0.25) is 0 Å². The van der Waals surface area contributed by atoms with Gasteiger partial charge in [0, 0.05) is 44.8 Å². The van der Waals surface area contributed by atoms with Crippen molar-refractivity contribution in [1.82, 2.24) is 29.0 Å². The van der Waals surface area contributed by atoms with Crippen molar-refractivity contribution in [3.8, 4) is 0 Å². The van der Waals surface area contributed by atoms with Crippen LogP contribution in [0.15, 0.2) is 17.1 Å². The maximum atomic E-state index is 12.8. The molecule has 3 heterocycles. The van der Waals surface area contributed by atoms with Crippen molar-refractivity contribution in [2.75, 3.05) is 13.1 Å². The normalized spacial score (nSPS) is 18.1. The molecule has 1 unspecified atom stereocenters. The second-order valence-electron chi connectivity index (χ2n) is 6.88. The number of aryl methyl sites for hydroxylation is 2. The molecule has 2 aromatic rings. The molecule has 0 spiro atoms. The van der Waals surface area contributed by atoms with Gasteiger partial charge >= 0.3 is 5.69 Å². The molecule has 0 N–H and O–H groups in total. The third-order valence-corrected chi connectivity index (χ3v) is 4.76. The van der Waals surface area contributed by atoms with Crippen LogP contribution in [0.5, 0.6) is 0 Å². The highest BCUT2D eigenvalue weighted by molar-refractivity contribution is 5.92. The van der Waals surface area contributed by atoms with Crippen molar-refractivity contribution >= 4 is 5.91 Å². The molecule has 0 radical (unpaired) electrons. The van der Waals surface area contributed by atoms with Crippen LogP contribution in [-0.4, -0.2) is 48.0 Å². The first kappa shape index (κ1) is 17.4. The highest BCUT2D eigenvalue weighted by Crippen LogP contribution is 2.27. The fourth-order valence-corrected chi connectivity index (χ4v) is 3.45. The Hall–Kier alpha value is -2.38. The van der Waals surface area contributed by atoms with Crippen molar-refractivity contribution in [3.63, 3.8) is 0 Å². The van der Waals surface area contributed by atoms with E-state index in [1.54, 1.807) is 22.4 Å². The summed E-state index contributed by atoms with van der Waals surface area (Å²) in [5.74, 6) is 0.799. The summed E-state index contributed by atoms with van der Waals surface area (Å²) in [6, 6.07) is 1.81. The number of aromatic nitrogens is 5. The van der Waals surface area contributed by atoms with Gasteiger partial charge in [-0.25, -0.2) is 9.48 Å². The molecule has 1 fully saturated rings. The SMILES string of the molecule is CCn1ccc(C(=O)N2CCCC(c3nn(C)c(=O)n3C(C)C)C2)n1. The van der Waals surface area contributed by atoms with Crippen LogP contribution in [0.4, 0.5) is 0 Å². The summed E-state index contributed by atoms with van der Waals surface area (Å²) >= 11 is 0. The Morgan fingerprint density at radius 2 is 2.12 bits per heavy atom. The third-order valence-electron chi connectivity index (χ3n) is 4.76. The van der Waals surface area contributed by atoms with Crippen LogP contribution < -0.4 is 5.69 Å². The lowest BCUT2D eigenvalue weighted by atomic mass is 9.96. The largest absolute Gasteiger partial charge is 0.345 e. The number of nitrogens with zero attached hydrogens (tertiary/aromatic N) is 6. The van der Waals surface area contributed by atoms with Gasteiger partial charge < -0.3 is 4.90 Å². The lowest BCUT2D eigenvalue weighted by Crippen LogP contribution is -2.40. The van der Waals surface area contributed by atoms with Crippen molar-refractivity contribution in [1.29, 1.82) is 0 Å². The lowest BCUT2D eigenvalue weighted by Gasteiger charge is -2.32. The zero-order valence-corrected chi connectivity index (χ0v) is 15.3. The topological polar surface area (TPSA) is 78.0 Å². The van der Waals surface area contributed by atoms with Gasteiger partial charge in [-0.1, -0.05) is 0 Å². The first-order valence-corrected chi connectivity index (χ1v) is 8.90. The molecule has 1 saturated heterocycles. The summed E-state index contributed by atoms with van der Waals surface area (Å²) in [7, 11) is 1.67. The molecule has 8 nitrogen and oxygen atoms in total. The maximum absolute atomic E-state index is 12.8. The highest BCUT2D eigenvalue weighted by Gasteiger charge is 2.30. The number of likely N-dealkylation sites (tertiary alicyclic amines) is 1. The number of hydrogen-bond acceptors (Lipinski definition) is 4. The van der Waals surface area contributed by atoms with Crippen LogP contribution in [0.3, 0.4) is 0 Å². The minimum absolute atomic E-state index is 0.0440. The third kappa shape index (κ3) is 3.25. The molecule has 8 heteroatoms. The molecule has 1 aliphatic rings. The Morgan fingerprint density at radius 3 is 2.76 bits per heavy atom. The molecule has 25 heavy (non-hydrogen) atoms. The van der Waals surface area contributed by atoms with E-state index in [9.17, 15) is 9.59 Å². The average Bonchev–Trinajstić information content (AvgIpc) is 3.19. The fourth-order valence-electron chi connectivity index (χ4n) is 3.45. The minimum Gasteiger partial charge on any atom is -0.337 e. The number of hydrogen-bond donors (Lipinski definition) is 0. The van der Waals surface area contributed by atoms with Gasteiger partial charge in [-0.2, -0.15) is 10.2 Å². The number of amides is 1. The van der Waals surface area contributed by atoms with Crippen LogP contribution in [0.25, 0.3) is 0 Å². The molecular weight excluding hydrogens is 320 g/mol. The fraction of sp³-hybridized carbons (Fsp3) is 0.647. The summed E-state index contributed by atoms with van der Waals surface area (Å²) < 4.78 is 4.88. The first-order chi connectivity index (χ1) is 11.9. The molecular formula is C17H26N6O2. The van der Waals surface area contributed by atoms with Gasteiger partial charge in [-0.3, -0.25) is 14.0 Å². The molecule has 1 aliphatic heterocycles. The van der Waals surface area contributed by atoms with E-state index in [0.717, 1.165) is 25.2 Å². The standard InChI is InChI=1S/C17H26N6O2/c1-5-22-10-8-14(18-22)16(24)21-9-6-7-13(11-21)15-19-20(4)17(25)23(15)12(2)3/h8,10,12-13H,5-7,9,11H2,1-4H3. The summed E-state index contributed by atoms with van der Waals surface area (Å²) in [6.45, 7) is 7.98. The lowest BCUT2D eigenvalue weighted by molar-refractivity contribution is 0.0696. The average molecular weight is 346 g/mol. The summed E-state index contributed by atoms with van der Waals surface area (Å²) in [4.78, 5) is 26.9. The van der Waals surface area contributed by atoms with E-state index in [0.29, 0.717) is 18.8 Å². The zero-order valence-electron chi connectivity index (χ0n) is 15.3. The molecule has 0 saturated carbocycles. The van der Waals surface area contributed by atoms with Crippen molar-refractivity contribution < 1.29 is 4.79 Å². The molecule has 0 aliphatic carbocycles. The van der Waals surface area contributed by atoms with E-state index in [2.05, 4.69) is 10.2 Å². The van der Waals surface area contributed by atoms with Crippen molar-refractivity contribution in [2.45, 2.75) is 52.1 Å². The Bertz CT molecular complexity index is 815. The zero-order chi connectivity index (χ0) is 18.1. The Balaban J connectivity index is 1.83. The van der Waals surface area contributed by atoms with Gasteiger partial charge in [-0.05, 0) is 39.7 Å². The highest BCUT2D eigenvalue weighted by atomic mass is 16.2. The number of piperidine rings is 1. The van der Waals surface area contributed by atoms with Crippen LogP contribution in [0.2, 0.25) is 0 Å². The van der Waals surface area contributed by atoms with E-state index < -0.39 is 0 Å². The second kappa shape index (κ2) is 6.85. The van der Waals surface area contributed by atoms with Gasteiger partial charge in [0.1, 0.15) is 11.5 Å². The maximum Gasteiger partial charge on any atom is 0.345 e. The summed E-state index contributed by atoms with van der Waals surface area (Å²) in [5, 5.41) is 8.76. The van der Waals surface area contributed by atoms with E-state index in [-0.39, 0.29) is 23.6 Å². The molecule has 1 atom stereocenters. The Kier molecular flexibility index (Phi) is 4.78. The van der Waals surface area contributed by atoms with Gasteiger partial charge in [0.15, 0.2) is 0 Å². The Labute approximate surface area is 147 Å². The van der Waals surface area contributed by atoms with Crippen LogP contribution in [0.1, 0.15) is 61.9 Å². The van der Waals surface area contributed by atoms with Crippen molar-refractivity contribution in [3.05, 3.63) is 34.3 Å². The molecule has 3 rings (SSSR count). The molecule has 1 amide bonds. The minimum atomic E-state index is -0.102. The summed E-state index contributed by atoms with van der Waals surface area (Å²) in [5.41, 5.74) is 0.375. The van der Waals surface area contributed by atoms with Gasteiger partial charge in [-0.15, -0.1) is 0 Å². The number of rotatable bonds is 4. The smallest absolute Gasteiger partial charge is 0.337 e. The van der Waals surface area contributed by atoms with E-state index in [4.69, 9.17) is 0 Å². The second-order valence-corrected chi connectivity index (χ2v) is 6.88. The quantitative estimate of drug-likeness (QED) is 0.838. The van der Waals surface area contributed by atoms with E-state index >= 15 is 0 Å². The molecule has 0 aromatic carbocycles. The van der Waals surface area contributed by atoms with E-state index in [1.807, 2.05) is 31.9 Å². The Morgan fingerprint density at radius 1 is 1.36 bits per heavy atom. The predicted octanol–water partition coefficient (Wildman–Crippen LogP) is 1.40. The molecule has 0 bridgehead atoms. The molecule has 136 valence electrons. The number of carbonyl (C=O) groups is 1. The van der Waals surface area contributed by atoms with Crippen LogP contribution >= 0.6 is 0 Å². The predicted molar refractivity (Wildman–Crippen MR) is 93.6 cm³/mol. The van der Waals surface area contributed by atoms with Crippen molar-refractivity contribution in [2.24, 2.45) is 7.05 Å². The van der Waals surface area contributed by atoms with E-state index in [1.165, 1.54) is 4.68 Å².